The first-order chi connectivity index (χ1) is 5.41. The second-order valence-corrected chi connectivity index (χ2v) is 4.99. The highest BCUT2D eigenvalue weighted by atomic mass is 79.9. The molecule has 0 aromatic rings. The van der Waals surface area contributed by atoms with Gasteiger partial charge in [-0.2, -0.15) is 0 Å². The fraction of sp³-hybridized carbons (Fsp3) is 0.857. The molecule has 0 saturated carbocycles. The fourth-order valence-corrected chi connectivity index (χ4v) is 0.620. The number of halogens is 1. The van der Waals surface area contributed by atoms with Crippen molar-refractivity contribution in [3.63, 3.8) is 0 Å². The molecule has 3 N–H and O–H groups in total. The third-order valence-corrected chi connectivity index (χ3v) is 1.68. The van der Waals surface area contributed by atoms with Gasteiger partial charge in [-0.1, -0.05) is 15.9 Å². The summed E-state index contributed by atoms with van der Waals surface area (Å²) >= 11 is 3.16. The number of carbonyl (C=O) groups is 1. The van der Waals surface area contributed by atoms with Crippen LogP contribution < -0.4 is 5.32 Å². The summed E-state index contributed by atoms with van der Waals surface area (Å²) in [6.45, 7) is 2.86. The van der Waals surface area contributed by atoms with Gasteiger partial charge in [0.1, 0.15) is 0 Å². The number of hydrogen-bond acceptors (Lipinski definition) is 3. The van der Waals surface area contributed by atoms with E-state index in [1.54, 1.807) is 13.8 Å². The van der Waals surface area contributed by atoms with Crippen LogP contribution in [0.3, 0.4) is 0 Å². The molecule has 0 spiro atoms. The molecule has 0 rings (SSSR count). The molecule has 0 saturated heterocycles. The Morgan fingerprint density at radius 3 is 2.17 bits per heavy atom. The minimum Gasteiger partial charge on any atom is -0.394 e. The van der Waals surface area contributed by atoms with Crippen molar-refractivity contribution in [3.05, 3.63) is 0 Å². The van der Waals surface area contributed by atoms with E-state index in [1.807, 2.05) is 0 Å². The highest BCUT2D eigenvalue weighted by Crippen LogP contribution is 2.15. The molecular formula is C7H14BrNO3. The topological polar surface area (TPSA) is 69.6 Å². The van der Waals surface area contributed by atoms with E-state index in [4.69, 9.17) is 10.2 Å². The Kier molecular flexibility index (Phi) is 4.74. The number of aliphatic hydroxyl groups is 2. The Labute approximate surface area is 80.1 Å². The van der Waals surface area contributed by atoms with Gasteiger partial charge >= 0.3 is 0 Å². The van der Waals surface area contributed by atoms with Crippen molar-refractivity contribution in [1.82, 2.24) is 5.32 Å². The van der Waals surface area contributed by atoms with Crippen LogP contribution in [0.25, 0.3) is 0 Å². The van der Waals surface area contributed by atoms with Crippen molar-refractivity contribution in [1.29, 1.82) is 0 Å². The summed E-state index contributed by atoms with van der Waals surface area (Å²) < 4.78 is -0.671. The normalized spacial score (nSPS) is 11.8. The molecule has 5 heteroatoms. The zero-order valence-corrected chi connectivity index (χ0v) is 8.76. The molecular weight excluding hydrogens is 226 g/mol. The zero-order chi connectivity index (χ0) is 9.78. The second kappa shape index (κ2) is 4.79. The van der Waals surface area contributed by atoms with E-state index in [9.17, 15) is 4.79 Å². The Balaban J connectivity index is 3.99. The third kappa shape index (κ3) is 4.04. The number of amides is 1. The first-order valence-corrected chi connectivity index (χ1v) is 4.42. The molecule has 0 aliphatic carbocycles. The van der Waals surface area contributed by atoms with E-state index in [0.29, 0.717) is 0 Å². The van der Waals surface area contributed by atoms with Crippen molar-refractivity contribution in [2.45, 2.75) is 24.2 Å². The summed E-state index contributed by atoms with van der Waals surface area (Å²) in [4.78, 5) is 11.2. The second-order valence-electron chi connectivity index (χ2n) is 3.01. The lowest BCUT2D eigenvalue weighted by atomic mass is 10.2. The highest BCUT2D eigenvalue weighted by molar-refractivity contribution is 9.10. The summed E-state index contributed by atoms with van der Waals surface area (Å²) in [5, 5.41) is 19.8. The monoisotopic (exact) mass is 239 g/mol. The van der Waals surface area contributed by atoms with Crippen LogP contribution in [-0.2, 0) is 4.79 Å². The van der Waals surface area contributed by atoms with Crippen LogP contribution in [0, 0.1) is 0 Å². The molecule has 0 atom stereocenters. The maximum atomic E-state index is 11.2. The average Bonchev–Trinajstić information content (AvgIpc) is 1.97. The highest BCUT2D eigenvalue weighted by Gasteiger charge is 2.25. The van der Waals surface area contributed by atoms with Crippen LogP contribution in [0.15, 0.2) is 0 Å². The molecule has 72 valence electrons. The van der Waals surface area contributed by atoms with Gasteiger partial charge in [0.15, 0.2) is 0 Å². The molecule has 4 nitrogen and oxygen atoms in total. The molecule has 0 radical (unpaired) electrons. The van der Waals surface area contributed by atoms with Crippen LogP contribution in [0.4, 0.5) is 0 Å². The maximum absolute atomic E-state index is 11.2. The third-order valence-electron chi connectivity index (χ3n) is 1.32. The van der Waals surface area contributed by atoms with Gasteiger partial charge in [-0.15, -0.1) is 0 Å². The van der Waals surface area contributed by atoms with Gasteiger partial charge in [-0.25, -0.2) is 0 Å². The number of rotatable bonds is 4. The molecule has 0 aliphatic rings. The minimum absolute atomic E-state index is 0.254. The largest absolute Gasteiger partial charge is 0.394 e. The van der Waals surface area contributed by atoms with E-state index in [2.05, 4.69) is 21.2 Å². The Bertz CT molecular complexity index is 151. The van der Waals surface area contributed by atoms with E-state index in [0.717, 1.165) is 0 Å². The van der Waals surface area contributed by atoms with Gasteiger partial charge in [-0.3, -0.25) is 4.79 Å². The number of nitrogens with one attached hydrogen (secondary N) is 1. The molecule has 1 amide bonds. The molecule has 0 bridgehead atoms. The van der Waals surface area contributed by atoms with Crippen molar-refractivity contribution < 1.29 is 15.0 Å². The van der Waals surface area contributed by atoms with Gasteiger partial charge in [-0.05, 0) is 13.8 Å². The van der Waals surface area contributed by atoms with Crippen molar-refractivity contribution in [2.24, 2.45) is 0 Å². The average molecular weight is 240 g/mol. The van der Waals surface area contributed by atoms with Crippen LogP contribution in [0.1, 0.15) is 13.8 Å². The number of hydrogen-bond donors (Lipinski definition) is 3. The van der Waals surface area contributed by atoms with Gasteiger partial charge in [0.25, 0.3) is 0 Å². The Morgan fingerprint density at radius 1 is 1.50 bits per heavy atom. The van der Waals surface area contributed by atoms with Crippen LogP contribution in [0.5, 0.6) is 0 Å². The Hall–Kier alpha value is -0.130. The molecule has 0 aromatic heterocycles. The standard InChI is InChI=1S/C7H14BrNO3/c1-7(2,8)6(12)9-5(3-10)4-11/h5,10-11H,3-4H2,1-2H3,(H,9,12). The van der Waals surface area contributed by atoms with Crippen molar-refractivity contribution in [2.75, 3.05) is 13.2 Å². The van der Waals surface area contributed by atoms with Gasteiger partial charge in [0, 0.05) is 0 Å². The summed E-state index contributed by atoms with van der Waals surface area (Å²) in [5.74, 6) is -0.254. The molecule has 0 unspecified atom stereocenters. The first-order valence-electron chi connectivity index (χ1n) is 3.63. The first kappa shape index (κ1) is 11.9. The van der Waals surface area contributed by atoms with E-state index in [1.165, 1.54) is 0 Å². The van der Waals surface area contributed by atoms with Gasteiger partial charge in [0.05, 0.1) is 23.6 Å². The number of aliphatic hydroxyl groups excluding tert-OH is 2. The Morgan fingerprint density at radius 2 is 1.92 bits per heavy atom. The predicted octanol–water partition coefficient (Wildman–Crippen LogP) is -0.371. The van der Waals surface area contributed by atoms with E-state index in [-0.39, 0.29) is 19.1 Å². The molecule has 0 heterocycles. The summed E-state index contributed by atoms with van der Waals surface area (Å²) in [6.07, 6.45) is 0. The lowest BCUT2D eigenvalue weighted by Crippen LogP contribution is -2.46. The summed E-state index contributed by atoms with van der Waals surface area (Å²) in [5.41, 5.74) is 0. The maximum Gasteiger partial charge on any atom is 0.236 e. The van der Waals surface area contributed by atoms with Crippen molar-refractivity contribution in [3.8, 4) is 0 Å². The minimum atomic E-state index is -0.671. The lowest BCUT2D eigenvalue weighted by Gasteiger charge is -2.20. The summed E-state index contributed by atoms with van der Waals surface area (Å²) in [7, 11) is 0. The van der Waals surface area contributed by atoms with Gasteiger partial charge in [0.2, 0.25) is 5.91 Å². The van der Waals surface area contributed by atoms with Crippen LogP contribution in [0.2, 0.25) is 0 Å². The SMILES string of the molecule is CC(C)(Br)C(=O)NC(CO)CO. The van der Waals surface area contributed by atoms with Gasteiger partial charge < -0.3 is 15.5 Å². The van der Waals surface area contributed by atoms with E-state index < -0.39 is 10.4 Å². The van der Waals surface area contributed by atoms with Crippen LogP contribution in [-0.4, -0.2) is 39.7 Å². The molecule has 0 fully saturated rings. The van der Waals surface area contributed by atoms with Crippen molar-refractivity contribution >= 4 is 21.8 Å². The number of alkyl halides is 1. The number of carbonyl (C=O) groups excluding carboxylic acids is 1. The van der Waals surface area contributed by atoms with Crippen LogP contribution >= 0.6 is 15.9 Å². The smallest absolute Gasteiger partial charge is 0.236 e. The zero-order valence-electron chi connectivity index (χ0n) is 7.17. The predicted molar refractivity (Wildman–Crippen MR) is 49.1 cm³/mol. The quantitative estimate of drug-likeness (QED) is 0.587. The molecule has 12 heavy (non-hydrogen) atoms. The lowest BCUT2D eigenvalue weighted by molar-refractivity contribution is -0.123. The van der Waals surface area contributed by atoms with E-state index >= 15 is 0 Å². The summed E-state index contributed by atoms with van der Waals surface area (Å²) in [6, 6.07) is -0.575. The molecule has 0 aliphatic heterocycles. The fourth-order valence-electron chi connectivity index (χ4n) is 0.506. The molecule has 0 aromatic carbocycles.